The Balaban J connectivity index is 2.08. The van der Waals surface area contributed by atoms with Gasteiger partial charge >= 0.3 is 0 Å². The van der Waals surface area contributed by atoms with Crippen molar-refractivity contribution < 1.29 is 22.7 Å². The van der Waals surface area contributed by atoms with Gasteiger partial charge in [-0.15, -0.1) is 0 Å². The maximum atomic E-state index is 14.1. The number of nitrogens with zero attached hydrogens (tertiary/aromatic N) is 2. The Kier molecular flexibility index (Phi) is 11.9. The monoisotopic (exact) mass is 619 g/mol. The van der Waals surface area contributed by atoms with Crippen LogP contribution in [-0.4, -0.2) is 57.6 Å². The third-order valence-electron chi connectivity index (χ3n) is 6.43. The SMILES string of the molecule is CCCCNC(=O)C(Cc1ccccc1)N(Cc1cccc(Cl)c1)C(=O)CN(c1cc(Cl)ccc1OC)S(C)(=O)=O. The van der Waals surface area contributed by atoms with Crippen molar-refractivity contribution in [1.82, 2.24) is 10.2 Å². The van der Waals surface area contributed by atoms with E-state index >= 15 is 0 Å². The van der Waals surface area contributed by atoms with Crippen LogP contribution in [0.25, 0.3) is 0 Å². The lowest BCUT2D eigenvalue weighted by Gasteiger charge is -2.33. The first-order chi connectivity index (χ1) is 19.5. The van der Waals surface area contributed by atoms with Crippen LogP contribution in [0.2, 0.25) is 10.0 Å². The second-order valence-electron chi connectivity index (χ2n) is 9.59. The van der Waals surface area contributed by atoms with Crippen molar-refractivity contribution in [3.05, 3.63) is 94.0 Å². The molecule has 0 aliphatic heterocycles. The second-order valence-corrected chi connectivity index (χ2v) is 12.4. The number of anilines is 1. The molecule has 1 atom stereocenters. The number of ether oxygens (including phenoxy) is 1. The first-order valence-corrected chi connectivity index (χ1v) is 15.8. The van der Waals surface area contributed by atoms with Crippen molar-refractivity contribution >= 4 is 50.7 Å². The molecule has 0 saturated heterocycles. The number of hydrogen-bond donors (Lipinski definition) is 1. The molecule has 3 rings (SSSR count). The van der Waals surface area contributed by atoms with Crippen LogP contribution in [0.4, 0.5) is 5.69 Å². The Hall–Kier alpha value is -3.27. The summed E-state index contributed by atoms with van der Waals surface area (Å²) < 4.78 is 32.3. The minimum absolute atomic E-state index is 0.0301. The van der Waals surface area contributed by atoms with Crippen LogP contribution in [0.3, 0.4) is 0 Å². The lowest BCUT2D eigenvalue weighted by molar-refractivity contribution is -0.140. The zero-order valence-electron chi connectivity index (χ0n) is 23.3. The number of hydrogen-bond acceptors (Lipinski definition) is 5. The number of carbonyl (C=O) groups excluding carboxylic acids is 2. The summed E-state index contributed by atoms with van der Waals surface area (Å²) in [6, 6.07) is 19.9. The minimum Gasteiger partial charge on any atom is -0.495 e. The molecule has 0 fully saturated rings. The van der Waals surface area contributed by atoms with Gasteiger partial charge in [-0.1, -0.05) is 79.0 Å². The van der Waals surface area contributed by atoms with Crippen LogP contribution >= 0.6 is 23.2 Å². The average Bonchev–Trinajstić information content (AvgIpc) is 2.93. The van der Waals surface area contributed by atoms with Gasteiger partial charge in [0.15, 0.2) is 0 Å². The number of benzene rings is 3. The molecule has 0 bridgehead atoms. The molecule has 11 heteroatoms. The standard InChI is InChI=1S/C30H35Cl2N3O5S/c1-4-5-16-33-30(37)27(18-22-10-7-6-8-11-22)34(20-23-12-9-13-24(31)17-23)29(36)21-35(41(3,38)39)26-19-25(32)14-15-28(26)40-2/h6-15,17,19,27H,4-5,16,18,20-21H2,1-3H3,(H,33,37). The van der Waals surface area contributed by atoms with E-state index in [1.54, 1.807) is 30.3 Å². The van der Waals surface area contributed by atoms with Gasteiger partial charge in [-0.05, 0) is 47.9 Å². The van der Waals surface area contributed by atoms with E-state index in [0.29, 0.717) is 17.1 Å². The van der Waals surface area contributed by atoms with Crippen molar-refractivity contribution in [2.45, 2.75) is 38.8 Å². The molecule has 8 nitrogen and oxygen atoms in total. The topological polar surface area (TPSA) is 96.0 Å². The summed E-state index contributed by atoms with van der Waals surface area (Å²) in [4.78, 5) is 29.2. The molecule has 3 aromatic carbocycles. The number of nitrogens with one attached hydrogen (secondary N) is 1. The van der Waals surface area contributed by atoms with Gasteiger partial charge < -0.3 is 15.0 Å². The van der Waals surface area contributed by atoms with E-state index in [2.05, 4.69) is 5.32 Å². The molecule has 41 heavy (non-hydrogen) atoms. The molecule has 0 spiro atoms. The Morgan fingerprint density at radius 2 is 1.63 bits per heavy atom. The van der Waals surface area contributed by atoms with Gasteiger partial charge in [-0.25, -0.2) is 8.42 Å². The molecule has 0 radical (unpaired) electrons. The van der Waals surface area contributed by atoms with E-state index in [1.807, 2.05) is 37.3 Å². The summed E-state index contributed by atoms with van der Waals surface area (Å²) >= 11 is 12.4. The van der Waals surface area contributed by atoms with Gasteiger partial charge in [-0.2, -0.15) is 0 Å². The van der Waals surface area contributed by atoms with Crippen LogP contribution in [0.15, 0.2) is 72.8 Å². The normalized spacial score (nSPS) is 11.9. The van der Waals surface area contributed by atoms with Crippen LogP contribution in [0.5, 0.6) is 5.75 Å². The van der Waals surface area contributed by atoms with Crippen molar-refractivity contribution in [3.63, 3.8) is 0 Å². The smallest absolute Gasteiger partial charge is 0.244 e. The fourth-order valence-corrected chi connectivity index (χ4v) is 5.57. The molecule has 0 aliphatic carbocycles. The predicted octanol–water partition coefficient (Wildman–Crippen LogP) is 5.32. The molecule has 220 valence electrons. The van der Waals surface area contributed by atoms with Gasteiger partial charge in [0, 0.05) is 29.6 Å². The van der Waals surface area contributed by atoms with Crippen molar-refractivity contribution in [1.29, 1.82) is 0 Å². The van der Waals surface area contributed by atoms with E-state index in [-0.39, 0.29) is 35.3 Å². The molecule has 0 aromatic heterocycles. The Labute approximate surface area is 252 Å². The molecule has 1 N–H and O–H groups in total. The van der Waals surface area contributed by atoms with Crippen molar-refractivity contribution in [2.75, 3.05) is 30.8 Å². The maximum absolute atomic E-state index is 14.1. The highest BCUT2D eigenvalue weighted by Crippen LogP contribution is 2.33. The van der Waals surface area contributed by atoms with Crippen LogP contribution in [0, 0.1) is 0 Å². The highest BCUT2D eigenvalue weighted by molar-refractivity contribution is 7.92. The highest BCUT2D eigenvalue weighted by Gasteiger charge is 2.33. The lowest BCUT2D eigenvalue weighted by Crippen LogP contribution is -2.53. The average molecular weight is 621 g/mol. The summed E-state index contributed by atoms with van der Waals surface area (Å²) in [6.07, 6.45) is 2.90. The lowest BCUT2D eigenvalue weighted by atomic mass is 10.0. The first-order valence-electron chi connectivity index (χ1n) is 13.2. The summed E-state index contributed by atoms with van der Waals surface area (Å²) in [7, 11) is -2.57. The number of halogens is 2. The quantitative estimate of drug-likeness (QED) is 0.246. The fourth-order valence-electron chi connectivity index (χ4n) is 4.34. The van der Waals surface area contributed by atoms with E-state index in [0.717, 1.165) is 29.0 Å². The summed E-state index contributed by atoms with van der Waals surface area (Å²) in [6.45, 7) is 1.92. The van der Waals surface area contributed by atoms with Gasteiger partial charge in [0.1, 0.15) is 18.3 Å². The molecule has 0 heterocycles. The van der Waals surface area contributed by atoms with Crippen LogP contribution < -0.4 is 14.4 Å². The summed E-state index contributed by atoms with van der Waals surface area (Å²) in [5, 5.41) is 3.70. The Morgan fingerprint density at radius 1 is 0.951 bits per heavy atom. The van der Waals surface area contributed by atoms with E-state index < -0.39 is 28.5 Å². The number of methoxy groups -OCH3 is 1. The Morgan fingerprint density at radius 3 is 2.27 bits per heavy atom. The minimum atomic E-state index is -3.97. The van der Waals surface area contributed by atoms with Crippen molar-refractivity contribution in [2.24, 2.45) is 0 Å². The fraction of sp³-hybridized carbons (Fsp3) is 0.333. The van der Waals surface area contributed by atoms with Gasteiger partial charge in [-0.3, -0.25) is 13.9 Å². The largest absolute Gasteiger partial charge is 0.495 e. The number of rotatable bonds is 14. The number of unbranched alkanes of at least 4 members (excludes halogenated alkanes) is 1. The third kappa shape index (κ3) is 9.38. The Bertz CT molecular complexity index is 1440. The zero-order chi connectivity index (χ0) is 30.0. The van der Waals surface area contributed by atoms with Crippen LogP contribution in [-0.2, 0) is 32.6 Å². The number of amides is 2. The van der Waals surface area contributed by atoms with Gasteiger partial charge in [0.2, 0.25) is 21.8 Å². The molecule has 0 saturated carbocycles. The van der Waals surface area contributed by atoms with E-state index in [4.69, 9.17) is 27.9 Å². The van der Waals surface area contributed by atoms with E-state index in [9.17, 15) is 18.0 Å². The molecule has 2 amide bonds. The van der Waals surface area contributed by atoms with Gasteiger partial charge in [0.25, 0.3) is 0 Å². The zero-order valence-corrected chi connectivity index (χ0v) is 25.7. The molecule has 0 aliphatic rings. The predicted molar refractivity (Wildman–Crippen MR) is 164 cm³/mol. The first kappa shape index (κ1) is 32.2. The van der Waals surface area contributed by atoms with Gasteiger partial charge in [0.05, 0.1) is 19.1 Å². The highest BCUT2D eigenvalue weighted by atomic mass is 35.5. The van der Waals surface area contributed by atoms with Crippen LogP contribution in [0.1, 0.15) is 30.9 Å². The number of carbonyl (C=O) groups is 2. The molecule has 3 aromatic rings. The summed E-state index contributed by atoms with van der Waals surface area (Å²) in [5.74, 6) is -0.680. The third-order valence-corrected chi connectivity index (χ3v) is 8.03. The molecular formula is C30H35Cl2N3O5S. The molecular weight excluding hydrogens is 585 g/mol. The second kappa shape index (κ2) is 15.1. The number of sulfonamides is 1. The van der Waals surface area contributed by atoms with E-state index in [1.165, 1.54) is 24.1 Å². The van der Waals surface area contributed by atoms with Crippen molar-refractivity contribution in [3.8, 4) is 5.75 Å². The maximum Gasteiger partial charge on any atom is 0.244 e. The molecule has 1 unspecified atom stereocenters. The summed E-state index contributed by atoms with van der Waals surface area (Å²) in [5.41, 5.74) is 1.66.